The van der Waals surface area contributed by atoms with Crippen LogP contribution in [0.5, 0.6) is 0 Å². The molecule has 0 aliphatic carbocycles. The number of hydrogen-bond acceptors (Lipinski definition) is 2. The molecule has 1 N–H and O–H groups in total. The van der Waals surface area contributed by atoms with Gasteiger partial charge in [0.15, 0.2) is 0 Å². The van der Waals surface area contributed by atoms with Gasteiger partial charge in [-0.3, -0.25) is 0 Å². The normalized spacial score (nSPS) is 11.4. The molecule has 2 nitrogen and oxygen atoms in total. The van der Waals surface area contributed by atoms with Gasteiger partial charge in [-0.15, -0.1) is 0 Å². The molecule has 0 amide bonds. The summed E-state index contributed by atoms with van der Waals surface area (Å²) >= 11 is 0. The summed E-state index contributed by atoms with van der Waals surface area (Å²) in [4.78, 5) is 0. The lowest BCUT2D eigenvalue weighted by Gasteiger charge is -1.77. The molecule has 0 saturated carbocycles. The quantitative estimate of drug-likeness (QED) is 0.561. The molecule has 42 valence electrons. The summed E-state index contributed by atoms with van der Waals surface area (Å²) in [5.41, 5.74) is 0. The highest BCUT2D eigenvalue weighted by Crippen LogP contribution is 2.13. The van der Waals surface area contributed by atoms with Crippen molar-refractivity contribution in [2.75, 3.05) is 19.4 Å². The van der Waals surface area contributed by atoms with E-state index in [0.29, 0.717) is 12.6 Å². The average molecular weight is 121 g/mol. The largest absolute Gasteiger partial charge is 0.396 e. The molecule has 0 bridgehead atoms. The van der Waals surface area contributed by atoms with Gasteiger partial charge in [-0.05, 0) is 0 Å². The Hall–Kier alpha value is 0.0600. The van der Waals surface area contributed by atoms with Crippen LogP contribution in [0.15, 0.2) is 0 Å². The molecule has 0 aliphatic rings. The van der Waals surface area contributed by atoms with Crippen molar-refractivity contribution < 1.29 is 9.67 Å². The molecule has 1 unspecified atom stereocenters. The summed E-state index contributed by atoms with van der Waals surface area (Å²) in [6.45, 7) is 1.83. The fourth-order valence-corrected chi connectivity index (χ4v) is 0.880. The zero-order valence-corrected chi connectivity index (χ0v) is 5.32. The predicted octanol–water partition coefficient (Wildman–Crippen LogP) is 0.826. The van der Waals surface area contributed by atoms with E-state index in [4.69, 9.17) is 5.11 Å². The van der Waals surface area contributed by atoms with E-state index in [1.165, 1.54) is 0 Å². The lowest BCUT2D eigenvalue weighted by atomic mass is 10.5. The van der Waals surface area contributed by atoms with Gasteiger partial charge in [-0.1, -0.05) is 4.57 Å². The van der Waals surface area contributed by atoms with Crippen molar-refractivity contribution in [3.05, 3.63) is 0 Å². The Labute approximate surface area is 44.3 Å². The van der Waals surface area contributed by atoms with Crippen LogP contribution in [-0.4, -0.2) is 24.5 Å². The zero-order chi connectivity index (χ0) is 5.70. The first kappa shape index (κ1) is 7.06. The average Bonchev–Trinajstić information content (AvgIpc) is 1.61. The zero-order valence-electron chi connectivity index (χ0n) is 4.42. The van der Waals surface area contributed by atoms with E-state index in [1.54, 1.807) is 6.66 Å². The lowest BCUT2D eigenvalue weighted by Crippen LogP contribution is -1.83. The second kappa shape index (κ2) is 4.23. The molecule has 0 aliphatic heterocycles. The molecule has 0 fully saturated rings. The maximum Gasteiger partial charge on any atom is 0.335 e. The van der Waals surface area contributed by atoms with E-state index < -0.39 is 7.80 Å². The van der Waals surface area contributed by atoms with Crippen molar-refractivity contribution in [1.82, 2.24) is 0 Å². The molecular formula is C4H10O2P+. The summed E-state index contributed by atoms with van der Waals surface area (Å²) in [7, 11) is -1.02. The molecule has 0 aromatic heterocycles. The predicted molar refractivity (Wildman–Crippen MR) is 30.1 cm³/mol. The number of rotatable bonds is 3. The number of aliphatic hydroxyl groups excluding tert-OH is 1. The molecule has 3 heteroatoms. The minimum Gasteiger partial charge on any atom is -0.396 e. The molecule has 0 aromatic rings. The van der Waals surface area contributed by atoms with E-state index in [0.717, 1.165) is 0 Å². The summed E-state index contributed by atoms with van der Waals surface area (Å²) in [6.07, 6.45) is 1.33. The highest BCUT2D eigenvalue weighted by atomic mass is 31.1. The highest BCUT2D eigenvalue weighted by molar-refractivity contribution is 7.43. The van der Waals surface area contributed by atoms with Crippen LogP contribution in [0.1, 0.15) is 6.42 Å². The van der Waals surface area contributed by atoms with E-state index >= 15 is 0 Å². The molecule has 0 radical (unpaired) electrons. The first-order valence-electron chi connectivity index (χ1n) is 2.26. The van der Waals surface area contributed by atoms with Crippen LogP contribution in [0.3, 0.4) is 0 Å². The fourth-order valence-electron chi connectivity index (χ4n) is 0.293. The first-order chi connectivity index (χ1) is 3.27. The maximum atomic E-state index is 10.2. The third kappa shape index (κ3) is 6.06. The maximum absolute atomic E-state index is 10.2. The van der Waals surface area contributed by atoms with Crippen LogP contribution in [0, 0.1) is 0 Å². The van der Waals surface area contributed by atoms with Crippen molar-refractivity contribution in [2.24, 2.45) is 0 Å². The van der Waals surface area contributed by atoms with Gasteiger partial charge in [0, 0.05) is 13.0 Å². The van der Waals surface area contributed by atoms with Gasteiger partial charge in [0.25, 0.3) is 0 Å². The smallest absolute Gasteiger partial charge is 0.335 e. The third-order valence-electron chi connectivity index (χ3n) is 0.631. The van der Waals surface area contributed by atoms with Crippen molar-refractivity contribution in [3.8, 4) is 0 Å². The Balaban J connectivity index is 2.82. The Bertz CT molecular complexity index is 62.7. The minimum atomic E-state index is -1.02. The second-order valence-electron chi connectivity index (χ2n) is 1.43. The van der Waals surface area contributed by atoms with Crippen LogP contribution in [0.25, 0.3) is 0 Å². The van der Waals surface area contributed by atoms with Gasteiger partial charge in [-0.2, -0.15) is 0 Å². The summed E-state index contributed by atoms with van der Waals surface area (Å²) in [5, 5.41) is 8.19. The first-order valence-corrected chi connectivity index (χ1v) is 4.15. The summed E-state index contributed by atoms with van der Waals surface area (Å²) < 4.78 is 10.2. The van der Waals surface area contributed by atoms with Crippen LogP contribution in [0.4, 0.5) is 0 Å². The van der Waals surface area contributed by atoms with Gasteiger partial charge in [0.2, 0.25) is 0 Å². The highest BCUT2D eigenvalue weighted by Gasteiger charge is 2.01. The molecular weight excluding hydrogens is 111 g/mol. The SMILES string of the molecule is C[P+](=O)CCCO. The fraction of sp³-hybridized carbons (Fsp3) is 1.00. The van der Waals surface area contributed by atoms with Crippen LogP contribution < -0.4 is 0 Å². The van der Waals surface area contributed by atoms with E-state index in [2.05, 4.69) is 0 Å². The Morgan fingerprint density at radius 2 is 2.29 bits per heavy atom. The summed E-state index contributed by atoms with van der Waals surface area (Å²) in [5.74, 6) is 0. The minimum absolute atomic E-state index is 0.162. The van der Waals surface area contributed by atoms with Gasteiger partial charge in [0.05, 0.1) is 0 Å². The summed E-state index contributed by atoms with van der Waals surface area (Å²) in [6, 6.07) is 0. The topological polar surface area (TPSA) is 37.3 Å². The van der Waals surface area contributed by atoms with Gasteiger partial charge >= 0.3 is 7.80 Å². The van der Waals surface area contributed by atoms with E-state index in [1.807, 2.05) is 0 Å². The monoisotopic (exact) mass is 121 g/mol. The van der Waals surface area contributed by atoms with Crippen LogP contribution >= 0.6 is 7.80 Å². The van der Waals surface area contributed by atoms with Crippen molar-refractivity contribution in [3.63, 3.8) is 0 Å². The van der Waals surface area contributed by atoms with Crippen molar-refractivity contribution >= 4 is 7.80 Å². The molecule has 0 saturated heterocycles. The Kier molecular flexibility index (Phi) is 4.26. The second-order valence-corrected chi connectivity index (χ2v) is 3.13. The van der Waals surface area contributed by atoms with Crippen LogP contribution in [0.2, 0.25) is 0 Å². The van der Waals surface area contributed by atoms with Crippen molar-refractivity contribution in [1.29, 1.82) is 0 Å². The molecule has 7 heavy (non-hydrogen) atoms. The van der Waals surface area contributed by atoms with Crippen LogP contribution in [-0.2, 0) is 4.57 Å². The van der Waals surface area contributed by atoms with Gasteiger partial charge in [0.1, 0.15) is 12.8 Å². The third-order valence-corrected chi connectivity index (χ3v) is 1.58. The number of hydrogen-bond donors (Lipinski definition) is 1. The molecule has 0 heterocycles. The Morgan fingerprint density at radius 3 is 2.43 bits per heavy atom. The number of aliphatic hydroxyl groups is 1. The lowest BCUT2D eigenvalue weighted by molar-refractivity contribution is 0.295. The Morgan fingerprint density at radius 1 is 1.71 bits per heavy atom. The van der Waals surface area contributed by atoms with E-state index in [-0.39, 0.29) is 6.61 Å². The molecule has 0 rings (SSSR count). The van der Waals surface area contributed by atoms with E-state index in [9.17, 15) is 4.57 Å². The molecule has 1 atom stereocenters. The molecule has 0 aromatic carbocycles. The molecule has 0 spiro atoms. The van der Waals surface area contributed by atoms with Crippen molar-refractivity contribution in [2.45, 2.75) is 6.42 Å². The standard InChI is InChI=1S/C4H10O2P/c1-7(6)4-2-3-5/h5H,2-4H2,1H3/q+1. The van der Waals surface area contributed by atoms with Gasteiger partial charge < -0.3 is 5.11 Å². The van der Waals surface area contributed by atoms with Gasteiger partial charge in [-0.25, -0.2) is 0 Å².